The summed E-state index contributed by atoms with van der Waals surface area (Å²) in [6.45, 7) is 1.56. The fourth-order valence-electron chi connectivity index (χ4n) is 2.74. The predicted molar refractivity (Wildman–Crippen MR) is 113 cm³/mol. The molecule has 0 aliphatic rings. The predicted octanol–water partition coefficient (Wildman–Crippen LogP) is 3.25. The second-order valence-electron chi connectivity index (χ2n) is 6.62. The fraction of sp³-hybridized carbons (Fsp3) is 0.0909. The van der Waals surface area contributed by atoms with Crippen LogP contribution in [0.5, 0.6) is 0 Å². The number of nitrogens with two attached hydrogens (primary N) is 1. The number of sulfonamides is 1. The van der Waals surface area contributed by atoms with Gasteiger partial charge in [-0.3, -0.25) is 4.79 Å². The van der Waals surface area contributed by atoms with Crippen LogP contribution in [0.2, 0.25) is 0 Å². The molecule has 0 heterocycles. The second-order valence-corrected chi connectivity index (χ2v) is 8.15. The van der Waals surface area contributed by atoms with Crippen molar-refractivity contribution >= 4 is 27.6 Å². The third kappa shape index (κ3) is 5.31. The molecular weight excluding hydrogens is 404 g/mol. The molecule has 7 nitrogen and oxygen atoms in total. The quantitative estimate of drug-likeness (QED) is 0.589. The second kappa shape index (κ2) is 8.89. The maximum absolute atomic E-state index is 12.3. The van der Waals surface area contributed by atoms with Crippen LogP contribution >= 0.6 is 0 Å². The van der Waals surface area contributed by atoms with Gasteiger partial charge in [-0.1, -0.05) is 36.4 Å². The lowest BCUT2D eigenvalue weighted by Gasteiger charge is -2.09. The lowest BCUT2D eigenvalue weighted by atomic mass is 10.1. The zero-order valence-corrected chi connectivity index (χ0v) is 17.0. The summed E-state index contributed by atoms with van der Waals surface area (Å²) in [6, 6.07) is 19.9. The first-order valence-corrected chi connectivity index (χ1v) is 10.5. The van der Waals surface area contributed by atoms with Crippen LogP contribution in [-0.2, 0) is 21.4 Å². The molecule has 0 saturated carbocycles. The average Bonchev–Trinajstić information content (AvgIpc) is 2.72. The highest BCUT2D eigenvalue weighted by atomic mass is 32.2. The molecule has 3 N–H and O–H groups in total. The Bertz CT molecular complexity index is 1170. The number of aryl methyl sites for hydroxylation is 1. The zero-order valence-electron chi connectivity index (χ0n) is 16.2. The molecule has 0 radical (unpaired) electrons. The molecule has 3 aromatic carbocycles. The molecule has 30 heavy (non-hydrogen) atoms. The van der Waals surface area contributed by atoms with E-state index in [-0.39, 0.29) is 23.0 Å². The Morgan fingerprint density at radius 1 is 0.933 bits per heavy atom. The van der Waals surface area contributed by atoms with Crippen molar-refractivity contribution in [3.63, 3.8) is 0 Å². The Labute approximate surface area is 174 Å². The van der Waals surface area contributed by atoms with E-state index in [0.29, 0.717) is 22.4 Å². The summed E-state index contributed by atoms with van der Waals surface area (Å²) in [5, 5.41) is 7.95. The fourth-order valence-corrected chi connectivity index (χ4v) is 3.55. The number of hydrogen-bond donors (Lipinski definition) is 2. The van der Waals surface area contributed by atoms with E-state index in [1.165, 1.54) is 18.2 Å². The third-order valence-electron chi connectivity index (χ3n) is 4.35. The number of ether oxygens (including phenoxy) is 1. The van der Waals surface area contributed by atoms with Gasteiger partial charge >= 0.3 is 5.97 Å². The Balaban J connectivity index is 1.62. The minimum Gasteiger partial charge on any atom is -0.457 e. The van der Waals surface area contributed by atoms with Crippen molar-refractivity contribution in [1.82, 2.24) is 0 Å². The number of nitrogens with one attached hydrogen (secondary N) is 1. The smallest absolute Gasteiger partial charge is 0.338 e. The van der Waals surface area contributed by atoms with Gasteiger partial charge in [0.1, 0.15) is 6.61 Å². The van der Waals surface area contributed by atoms with Crippen molar-refractivity contribution in [1.29, 1.82) is 0 Å². The standard InChI is InChI=1S/C22H20N2O5S/c1-15-7-10-18(13-20(15)30(23,27)28)22(26)29-14-16-8-11-17(12-9-16)21(25)24-19-5-3-2-4-6-19/h2-13H,14H2,1H3,(H,24,25)(H2,23,27,28). The van der Waals surface area contributed by atoms with Gasteiger partial charge in [-0.05, 0) is 54.4 Å². The van der Waals surface area contributed by atoms with Crippen molar-refractivity contribution in [2.45, 2.75) is 18.4 Å². The van der Waals surface area contributed by atoms with Gasteiger partial charge in [-0.2, -0.15) is 0 Å². The number of carbonyl (C=O) groups excluding carboxylic acids is 2. The zero-order chi connectivity index (χ0) is 21.7. The summed E-state index contributed by atoms with van der Waals surface area (Å²) in [7, 11) is -3.94. The molecule has 0 spiro atoms. The van der Waals surface area contributed by atoms with Crippen LogP contribution in [0.3, 0.4) is 0 Å². The number of amides is 1. The Kier molecular flexibility index (Phi) is 6.29. The Morgan fingerprint density at radius 2 is 1.57 bits per heavy atom. The van der Waals surface area contributed by atoms with E-state index in [9.17, 15) is 18.0 Å². The number of esters is 1. The molecule has 3 rings (SSSR count). The van der Waals surface area contributed by atoms with E-state index in [4.69, 9.17) is 9.88 Å². The molecule has 0 saturated heterocycles. The SMILES string of the molecule is Cc1ccc(C(=O)OCc2ccc(C(=O)Nc3ccccc3)cc2)cc1S(N)(=O)=O. The van der Waals surface area contributed by atoms with Crippen molar-refractivity contribution in [3.05, 3.63) is 95.1 Å². The summed E-state index contributed by atoms with van der Waals surface area (Å²) in [5.74, 6) is -0.925. The molecule has 0 aliphatic heterocycles. The number of anilines is 1. The van der Waals surface area contributed by atoms with Crippen LogP contribution in [0.4, 0.5) is 5.69 Å². The Morgan fingerprint density at radius 3 is 2.20 bits per heavy atom. The van der Waals surface area contributed by atoms with Gasteiger partial charge in [0.25, 0.3) is 5.91 Å². The van der Waals surface area contributed by atoms with Crippen molar-refractivity contribution in [2.75, 3.05) is 5.32 Å². The average molecular weight is 424 g/mol. The highest BCUT2D eigenvalue weighted by Crippen LogP contribution is 2.17. The molecule has 154 valence electrons. The highest BCUT2D eigenvalue weighted by Gasteiger charge is 2.16. The summed E-state index contributed by atoms with van der Waals surface area (Å²) in [6.07, 6.45) is 0. The van der Waals surface area contributed by atoms with Gasteiger partial charge in [0.15, 0.2) is 0 Å². The summed E-state index contributed by atoms with van der Waals surface area (Å²) >= 11 is 0. The van der Waals surface area contributed by atoms with Crippen LogP contribution in [0.15, 0.2) is 77.7 Å². The maximum atomic E-state index is 12.3. The van der Waals surface area contributed by atoms with Gasteiger partial charge in [0.05, 0.1) is 10.5 Å². The monoisotopic (exact) mass is 424 g/mol. The molecule has 0 unspecified atom stereocenters. The highest BCUT2D eigenvalue weighted by molar-refractivity contribution is 7.89. The topological polar surface area (TPSA) is 116 Å². The van der Waals surface area contributed by atoms with E-state index < -0.39 is 16.0 Å². The van der Waals surface area contributed by atoms with Crippen LogP contribution in [-0.4, -0.2) is 20.3 Å². The molecule has 0 bridgehead atoms. The maximum Gasteiger partial charge on any atom is 0.338 e. The number of para-hydroxylation sites is 1. The van der Waals surface area contributed by atoms with Gasteiger partial charge in [-0.15, -0.1) is 0 Å². The van der Waals surface area contributed by atoms with Gasteiger partial charge in [0, 0.05) is 11.3 Å². The first kappa shape index (κ1) is 21.2. The van der Waals surface area contributed by atoms with E-state index >= 15 is 0 Å². The minimum absolute atomic E-state index is 0.0298. The third-order valence-corrected chi connectivity index (χ3v) is 5.40. The van der Waals surface area contributed by atoms with E-state index in [2.05, 4.69) is 5.32 Å². The lowest BCUT2D eigenvalue weighted by molar-refractivity contribution is 0.0472. The number of rotatable bonds is 6. The molecule has 0 aromatic heterocycles. The minimum atomic E-state index is -3.94. The van der Waals surface area contributed by atoms with Crippen LogP contribution in [0.25, 0.3) is 0 Å². The van der Waals surface area contributed by atoms with E-state index in [0.717, 1.165) is 0 Å². The molecular formula is C22H20N2O5S. The van der Waals surface area contributed by atoms with Crippen LogP contribution in [0.1, 0.15) is 31.8 Å². The normalized spacial score (nSPS) is 11.0. The number of benzene rings is 3. The van der Waals surface area contributed by atoms with Crippen molar-refractivity contribution < 1.29 is 22.7 Å². The largest absolute Gasteiger partial charge is 0.457 e. The lowest BCUT2D eigenvalue weighted by Crippen LogP contribution is -2.15. The van der Waals surface area contributed by atoms with Crippen molar-refractivity contribution in [2.24, 2.45) is 5.14 Å². The first-order chi connectivity index (χ1) is 14.2. The molecule has 0 fully saturated rings. The molecule has 1 amide bonds. The van der Waals surface area contributed by atoms with Gasteiger partial charge in [0.2, 0.25) is 10.0 Å². The Hall–Kier alpha value is -3.49. The summed E-state index contributed by atoms with van der Waals surface area (Å²) < 4.78 is 28.4. The summed E-state index contributed by atoms with van der Waals surface area (Å²) in [4.78, 5) is 24.4. The number of carbonyl (C=O) groups is 2. The van der Waals surface area contributed by atoms with E-state index in [1.807, 2.05) is 18.2 Å². The molecule has 0 aliphatic carbocycles. The number of primary sulfonamides is 1. The molecule has 0 atom stereocenters. The van der Waals surface area contributed by atoms with Gasteiger partial charge < -0.3 is 10.1 Å². The number of hydrogen-bond acceptors (Lipinski definition) is 5. The van der Waals surface area contributed by atoms with Crippen LogP contribution < -0.4 is 10.5 Å². The first-order valence-electron chi connectivity index (χ1n) is 9.00. The van der Waals surface area contributed by atoms with Crippen LogP contribution in [0, 0.1) is 6.92 Å². The molecule has 8 heteroatoms. The van der Waals surface area contributed by atoms with Gasteiger partial charge in [-0.25, -0.2) is 18.4 Å². The van der Waals surface area contributed by atoms with E-state index in [1.54, 1.807) is 43.3 Å². The molecule has 3 aromatic rings. The summed E-state index contributed by atoms with van der Waals surface area (Å²) in [5.41, 5.74) is 2.36. The van der Waals surface area contributed by atoms with Crippen molar-refractivity contribution in [3.8, 4) is 0 Å².